The quantitative estimate of drug-likeness (QED) is 0.229. The number of ether oxygens (including phenoxy) is 3. The highest BCUT2D eigenvalue weighted by atomic mass is 35.5. The number of carbonyl (C=O) groups excluding carboxylic acids is 3. The third kappa shape index (κ3) is 10.7. The van der Waals surface area contributed by atoms with Crippen LogP contribution in [0.1, 0.15) is 44.7 Å². The maximum absolute atomic E-state index is 14.1. The lowest BCUT2D eigenvalue weighted by molar-refractivity contribution is -0.140. The van der Waals surface area contributed by atoms with E-state index in [1.165, 1.54) is 18.2 Å². The van der Waals surface area contributed by atoms with Gasteiger partial charge in [0.1, 0.15) is 29.5 Å². The van der Waals surface area contributed by atoms with Crippen LogP contribution in [-0.4, -0.2) is 72.4 Å². The molecule has 2 aromatic carbocycles. The summed E-state index contributed by atoms with van der Waals surface area (Å²) < 4.78 is 31.1. The average Bonchev–Trinajstić information content (AvgIpc) is 3.47. The summed E-state index contributed by atoms with van der Waals surface area (Å²) in [6, 6.07) is 7.07. The summed E-state index contributed by atoms with van der Waals surface area (Å²) in [6.45, 7) is 6.75. The topological polar surface area (TPSA) is 140 Å². The Kier molecular flexibility index (Phi) is 13.7. The molecule has 1 aliphatic heterocycles. The third-order valence-electron chi connectivity index (χ3n) is 6.78. The summed E-state index contributed by atoms with van der Waals surface area (Å²) in [5, 5.41) is 14.8. The molecule has 2 aromatic rings. The molecule has 10 nitrogen and oxygen atoms in total. The monoisotopic (exact) mass is 652 g/mol. The Morgan fingerprint density at radius 3 is 2.59 bits per heavy atom. The van der Waals surface area contributed by atoms with E-state index in [1.54, 1.807) is 32.0 Å². The maximum atomic E-state index is 14.1. The molecular weight excluding hydrogens is 615 g/mol. The van der Waals surface area contributed by atoms with Gasteiger partial charge in [0.2, 0.25) is 11.8 Å². The minimum atomic E-state index is -1.35. The van der Waals surface area contributed by atoms with Crippen molar-refractivity contribution in [3.63, 3.8) is 0 Å². The number of thioether (sulfide) groups is 1. The van der Waals surface area contributed by atoms with Crippen LogP contribution in [0.4, 0.5) is 4.39 Å². The summed E-state index contributed by atoms with van der Waals surface area (Å²) in [7, 11) is 0. The summed E-state index contributed by atoms with van der Waals surface area (Å²) in [5.41, 5.74) is 0.792. The van der Waals surface area contributed by atoms with Crippen molar-refractivity contribution < 1.29 is 42.9 Å². The molecular formula is C31H38ClFN2O8S. The molecule has 0 saturated carbocycles. The van der Waals surface area contributed by atoms with Crippen LogP contribution in [-0.2, 0) is 36.1 Å². The van der Waals surface area contributed by atoms with E-state index in [1.807, 2.05) is 6.92 Å². The molecule has 0 bridgehead atoms. The van der Waals surface area contributed by atoms with Gasteiger partial charge in [-0.25, -0.2) is 4.39 Å². The molecule has 2 unspecified atom stereocenters. The van der Waals surface area contributed by atoms with Crippen molar-refractivity contribution in [2.24, 2.45) is 5.92 Å². The SMILES string of the molecule is CCOc1ccc(OC2CCOC2)cc1CC(=O)N[C@H](C(=O)NC(CC(=O)O)C(=O)CSCc1c(F)cccc1Cl)C(C)C. The number of Topliss-reactive ketones (excluding diaryl/α,β-unsaturated/α-hetero) is 1. The van der Waals surface area contributed by atoms with E-state index < -0.39 is 47.9 Å². The number of nitrogens with one attached hydrogen (secondary N) is 2. The molecule has 240 valence electrons. The zero-order valence-corrected chi connectivity index (χ0v) is 26.5. The number of ketones is 1. The van der Waals surface area contributed by atoms with Crippen molar-refractivity contribution in [3.8, 4) is 11.5 Å². The van der Waals surface area contributed by atoms with Crippen LogP contribution in [0.3, 0.4) is 0 Å². The Bertz CT molecular complexity index is 1300. The van der Waals surface area contributed by atoms with Gasteiger partial charge in [0, 0.05) is 28.3 Å². The molecule has 0 aromatic heterocycles. The van der Waals surface area contributed by atoms with Gasteiger partial charge in [0.15, 0.2) is 5.78 Å². The van der Waals surface area contributed by atoms with Crippen molar-refractivity contribution in [1.29, 1.82) is 0 Å². The van der Waals surface area contributed by atoms with Crippen molar-refractivity contribution in [2.75, 3.05) is 25.6 Å². The summed E-state index contributed by atoms with van der Waals surface area (Å²) >= 11 is 7.09. The second-order valence-electron chi connectivity index (χ2n) is 10.6. The fourth-order valence-electron chi connectivity index (χ4n) is 4.50. The van der Waals surface area contributed by atoms with E-state index in [0.717, 1.165) is 18.2 Å². The van der Waals surface area contributed by atoms with Crippen LogP contribution in [0.25, 0.3) is 0 Å². The molecule has 3 N–H and O–H groups in total. The van der Waals surface area contributed by atoms with E-state index >= 15 is 0 Å². The van der Waals surface area contributed by atoms with Gasteiger partial charge in [-0.15, -0.1) is 11.8 Å². The van der Waals surface area contributed by atoms with Gasteiger partial charge in [0.25, 0.3) is 0 Å². The zero-order chi connectivity index (χ0) is 32.2. The fraction of sp³-hybridized carbons (Fsp3) is 0.484. The molecule has 0 radical (unpaired) electrons. The van der Waals surface area contributed by atoms with Crippen LogP contribution in [0.5, 0.6) is 11.5 Å². The van der Waals surface area contributed by atoms with Gasteiger partial charge in [-0.1, -0.05) is 31.5 Å². The summed E-state index contributed by atoms with van der Waals surface area (Å²) in [6.07, 6.45) is -0.0865. The molecule has 44 heavy (non-hydrogen) atoms. The molecule has 3 atom stereocenters. The Labute approximate surface area is 265 Å². The van der Waals surface area contributed by atoms with Crippen LogP contribution >= 0.6 is 23.4 Å². The predicted molar refractivity (Wildman–Crippen MR) is 165 cm³/mol. The molecule has 1 saturated heterocycles. The normalized spacial score (nSPS) is 15.8. The highest BCUT2D eigenvalue weighted by Crippen LogP contribution is 2.27. The maximum Gasteiger partial charge on any atom is 0.305 e. The lowest BCUT2D eigenvalue weighted by Crippen LogP contribution is -2.54. The Morgan fingerprint density at radius 2 is 1.95 bits per heavy atom. The lowest BCUT2D eigenvalue weighted by atomic mass is 10.0. The Morgan fingerprint density at radius 1 is 1.18 bits per heavy atom. The summed E-state index contributed by atoms with van der Waals surface area (Å²) in [4.78, 5) is 50.9. The minimum Gasteiger partial charge on any atom is -0.494 e. The van der Waals surface area contributed by atoms with Gasteiger partial charge in [-0.3, -0.25) is 19.2 Å². The van der Waals surface area contributed by atoms with Gasteiger partial charge in [-0.05, 0) is 43.2 Å². The number of carboxylic acids is 1. The van der Waals surface area contributed by atoms with Crippen molar-refractivity contribution in [1.82, 2.24) is 10.6 Å². The van der Waals surface area contributed by atoms with Crippen LogP contribution < -0.4 is 20.1 Å². The highest BCUT2D eigenvalue weighted by Gasteiger charge is 2.30. The lowest BCUT2D eigenvalue weighted by Gasteiger charge is -2.25. The smallest absolute Gasteiger partial charge is 0.305 e. The Hall–Kier alpha value is -3.35. The van der Waals surface area contributed by atoms with Gasteiger partial charge >= 0.3 is 5.97 Å². The van der Waals surface area contributed by atoms with Crippen LogP contribution in [0.15, 0.2) is 36.4 Å². The van der Waals surface area contributed by atoms with Crippen LogP contribution in [0.2, 0.25) is 5.02 Å². The van der Waals surface area contributed by atoms with Crippen molar-refractivity contribution in [3.05, 3.63) is 58.4 Å². The first-order valence-electron chi connectivity index (χ1n) is 14.3. The molecule has 1 heterocycles. The molecule has 3 rings (SSSR count). The van der Waals surface area contributed by atoms with E-state index in [2.05, 4.69) is 10.6 Å². The first-order chi connectivity index (χ1) is 21.0. The molecule has 1 fully saturated rings. The second-order valence-corrected chi connectivity index (χ2v) is 12.0. The average molecular weight is 653 g/mol. The van der Waals surface area contributed by atoms with E-state index in [0.29, 0.717) is 36.9 Å². The van der Waals surface area contributed by atoms with Gasteiger partial charge in [0.05, 0.1) is 44.5 Å². The first-order valence-corrected chi connectivity index (χ1v) is 15.9. The number of hydrogen-bond acceptors (Lipinski definition) is 8. The number of amides is 2. The molecule has 0 spiro atoms. The number of benzene rings is 2. The van der Waals surface area contributed by atoms with E-state index in [4.69, 9.17) is 25.8 Å². The second kappa shape index (κ2) is 17.2. The first kappa shape index (κ1) is 35.1. The molecule has 13 heteroatoms. The largest absolute Gasteiger partial charge is 0.494 e. The number of hydrogen-bond donors (Lipinski definition) is 3. The predicted octanol–water partition coefficient (Wildman–Crippen LogP) is 4.19. The third-order valence-corrected chi connectivity index (χ3v) is 8.11. The highest BCUT2D eigenvalue weighted by molar-refractivity contribution is 7.99. The molecule has 2 amide bonds. The van der Waals surface area contributed by atoms with Crippen molar-refractivity contribution in [2.45, 2.75) is 64.0 Å². The Balaban J connectivity index is 1.65. The van der Waals surface area contributed by atoms with E-state index in [-0.39, 0.29) is 40.5 Å². The fourth-order valence-corrected chi connectivity index (χ4v) is 5.81. The number of halogens is 2. The number of rotatable bonds is 17. The summed E-state index contributed by atoms with van der Waals surface area (Å²) in [5.74, 6) is -2.95. The van der Waals surface area contributed by atoms with Crippen molar-refractivity contribution >= 4 is 46.9 Å². The number of carbonyl (C=O) groups is 4. The standard InChI is InChI=1S/C31H38ClFN2O8S/c1-4-42-27-9-8-20(43-21-10-11-41-15-21)12-19(27)13-28(37)35-30(18(2)3)31(40)34-25(14-29(38)39)26(36)17-44-16-22-23(32)6-5-7-24(22)33/h5-9,12,18,21,25,30H,4,10-11,13-17H2,1-3H3,(H,34,40)(H,35,37)(H,38,39)/t21?,25?,30-/m0/s1. The molecule has 1 aliphatic rings. The van der Waals surface area contributed by atoms with Crippen LogP contribution in [0, 0.1) is 11.7 Å². The van der Waals surface area contributed by atoms with E-state index in [9.17, 15) is 28.7 Å². The number of carboxylic acid groups (broad SMARTS) is 1. The van der Waals surface area contributed by atoms with Gasteiger partial charge in [-0.2, -0.15) is 0 Å². The minimum absolute atomic E-state index is 0.0826. The zero-order valence-electron chi connectivity index (χ0n) is 24.9. The van der Waals surface area contributed by atoms with Gasteiger partial charge < -0.3 is 30.0 Å². The number of aliphatic carboxylic acids is 1. The molecule has 0 aliphatic carbocycles.